The summed E-state index contributed by atoms with van der Waals surface area (Å²) in [6.07, 6.45) is 2.32. The highest BCUT2D eigenvalue weighted by atomic mass is 16.5. The summed E-state index contributed by atoms with van der Waals surface area (Å²) in [5, 5.41) is 18.4. The topological polar surface area (TPSA) is 88.8 Å². The summed E-state index contributed by atoms with van der Waals surface area (Å²) in [5.74, 6) is -1.90. The quantitative estimate of drug-likeness (QED) is 0.746. The fourth-order valence-electron chi connectivity index (χ4n) is 2.14. The van der Waals surface area contributed by atoms with Crippen LogP contribution >= 0.6 is 0 Å². The molecule has 0 aliphatic rings. The van der Waals surface area contributed by atoms with Gasteiger partial charge in [0, 0.05) is 17.1 Å². The first kappa shape index (κ1) is 14.1. The van der Waals surface area contributed by atoms with E-state index < -0.39 is 11.9 Å². The van der Waals surface area contributed by atoms with Crippen LogP contribution in [0.4, 0.5) is 0 Å². The number of benzene rings is 1. The van der Waals surface area contributed by atoms with E-state index in [1.54, 1.807) is 10.8 Å². The van der Waals surface area contributed by atoms with Crippen LogP contribution in [0.15, 0.2) is 30.5 Å². The predicted octanol–water partition coefficient (Wildman–Crippen LogP) is 1.37. The monoisotopic (exact) mass is 277 g/mol. The second kappa shape index (κ2) is 6.21. The molecule has 106 valence electrons. The number of carboxylic acids is 2. The summed E-state index contributed by atoms with van der Waals surface area (Å²) in [5.41, 5.74) is 1.80. The number of nitrogens with zero attached hydrogens (tertiary/aromatic N) is 1. The van der Waals surface area contributed by atoms with Crippen LogP contribution in [0.3, 0.4) is 0 Å². The van der Waals surface area contributed by atoms with Crippen LogP contribution < -0.4 is 0 Å². The highest BCUT2D eigenvalue weighted by Crippen LogP contribution is 2.21. The molecule has 0 fully saturated rings. The van der Waals surface area contributed by atoms with E-state index in [2.05, 4.69) is 0 Å². The van der Waals surface area contributed by atoms with Crippen molar-refractivity contribution in [2.45, 2.75) is 13.0 Å². The lowest BCUT2D eigenvalue weighted by atomic mass is 10.1. The number of carboxylic acid groups (broad SMARTS) is 2. The van der Waals surface area contributed by atoms with E-state index >= 15 is 0 Å². The lowest BCUT2D eigenvalue weighted by Crippen LogP contribution is -2.09. The van der Waals surface area contributed by atoms with E-state index in [0.29, 0.717) is 6.42 Å². The Hall–Kier alpha value is -2.34. The van der Waals surface area contributed by atoms with Crippen LogP contribution in [0.1, 0.15) is 5.56 Å². The van der Waals surface area contributed by atoms with Crippen molar-refractivity contribution in [1.29, 1.82) is 0 Å². The molecule has 2 aromatic rings. The van der Waals surface area contributed by atoms with Crippen molar-refractivity contribution in [3.05, 3.63) is 36.0 Å². The normalized spacial score (nSPS) is 10.8. The number of rotatable bonds is 7. The van der Waals surface area contributed by atoms with Gasteiger partial charge in [0.05, 0.1) is 6.61 Å². The SMILES string of the molecule is O=C(O)COCCc1cn(CC(=O)O)c2ccccc12. The van der Waals surface area contributed by atoms with Crippen LogP contribution in [0.5, 0.6) is 0 Å². The summed E-state index contributed by atoms with van der Waals surface area (Å²) >= 11 is 0. The lowest BCUT2D eigenvalue weighted by molar-refractivity contribution is -0.142. The van der Waals surface area contributed by atoms with Gasteiger partial charge in [0.15, 0.2) is 0 Å². The Morgan fingerprint density at radius 3 is 2.60 bits per heavy atom. The first-order valence-corrected chi connectivity index (χ1v) is 6.16. The maximum atomic E-state index is 10.8. The summed E-state index contributed by atoms with van der Waals surface area (Å²) < 4.78 is 6.68. The molecule has 1 aromatic heterocycles. The molecule has 0 amide bonds. The van der Waals surface area contributed by atoms with E-state index in [-0.39, 0.29) is 19.8 Å². The van der Waals surface area contributed by atoms with Gasteiger partial charge in [0.2, 0.25) is 0 Å². The predicted molar refractivity (Wildman–Crippen MR) is 71.7 cm³/mol. The van der Waals surface area contributed by atoms with Crippen LogP contribution in [-0.4, -0.2) is 39.9 Å². The second-order valence-corrected chi connectivity index (χ2v) is 4.39. The standard InChI is InChI=1S/C14H15NO5/c16-13(17)8-15-7-10(5-6-20-9-14(18)19)11-3-1-2-4-12(11)15/h1-4,7H,5-6,8-9H2,(H,16,17)(H,18,19). The van der Waals surface area contributed by atoms with Crippen LogP contribution in [0, 0.1) is 0 Å². The molecule has 0 aliphatic carbocycles. The number of hydrogen-bond acceptors (Lipinski definition) is 3. The molecule has 0 radical (unpaired) electrons. The third-order valence-electron chi connectivity index (χ3n) is 2.92. The Labute approximate surface area is 115 Å². The van der Waals surface area contributed by atoms with Gasteiger partial charge in [-0.1, -0.05) is 18.2 Å². The van der Waals surface area contributed by atoms with Crippen LogP contribution in [-0.2, 0) is 27.3 Å². The number of ether oxygens (including phenoxy) is 1. The van der Waals surface area contributed by atoms with Crippen molar-refractivity contribution in [3.63, 3.8) is 0 Å². The number of hydrogen-bond donors (Lipinski definition) is 2. The van der Waals surface area contributed by atoms with Gasteiger partial charge in [-0.3, -0.25) is 4.79 Å². The Morgan fingerprint density at radius 2 is 1.90 bits per heavy atom. The molecule has 20 heavy (non-hydrogen) atoms. The fourth-order valence-corrected chi connectivity index (χ4v) is 2.14. The molecule has 1 aromatic carbocycles. The van der Waals surface area contributed by atoms with Crippen molar-refractivity contribution >= 4 is 22.8 Å². The van der Waals surface area contributed by atoms with Crippen molar-refractivity contribution in [1.82, 2.24) is 4.57 Å². The zero-order valence-electron chi connectivity index (χ0n) is 10.8. The maximum absolute atomic E-state index is 10.8. The molecule has 0 aliphatic heterocycles. The second-order valence-electron chi connectivity index (χ2n) is 4.39. The molecule has 6 nitrogen and oxygen atoms in total. The van der Waals surface area contributed by atoms with Crippen molar-refractivity contribution in [2.75, 3.05) is 13.2 Å². The van der Waals surface area contributed by atoms with Gasteiger partial charge in [0.25, 0.3) is 0 Å². The first-order valence-electron chi connectivity index (χ1n) is 6.16. The van der Waals surface area contributed by atoms with Crippen LogP contribution in [0.25, 0.3) is 10.9 Å². The minimum Gasteiger partial charge on any atom is -0.480 e. The molecule has 2 rings (SSSR count). The molecule has 1 heterocycles. The molecule has 0 bridgehead atoms. The van der Waals surface area contributed by atoms with Gasteiger partial charge in [-0.05, 0) is 18.1 Å². The third kappa shape index (κ3) is 3.36. The Balaban J connectivity index is 2.16. The van der Waals surface area contributed by atoms with Crippen LogP contribution in [0.2, 0.25) is 0 Å². The Bertz CT molecular complexity index is 632. The molecule has 0 unspecified atom stereocenters. The Morgan fingerprint density at radius 1 is 1.15 bits per heavy atom. The van der Waals surface area contributed by atoms with E-state index in [9.17, 15) is 9.59 Å². The summed E-state index contributed by atoms with van der Waals surface area (Å²) in [7, 11) is 0. The van der Waals surface area contributed by atoms with Gasteiger partial charge < -0.3 is 19.5 Å². The van der Waals surface area contributed by atoms with Gasteiger partial charge in [-0.25, -0.2) is 4.79 Å². The molecule has 2 N–H and O–H groups in total. The number of aliphatic carboxylic acids is 2. The molecule has 0 spiro atoms. The highest BCUT2D eigenvalue weighted by molar-refractivity contribution is 5.85. The average Bonchev–Trinajstić information content (AvgIpc) is 2.73. The maximum Gasteiger partial charge on any atom is 0.329 e. The van der Waals surface area contributed by atoms with Gasteiger partial charge >= 0.3 is 11.9 Å². The number of aromatic nitrogens is 1. The van der Waals surface area contributed by atoms with Gasteiger partial charge in [-0.2, -0.15) is 0 Å². The molecule has 0 saturated carbocycles. The van der Waals surface area contributed by atoms with Crippen molar-refractivity contribution < 1.29 is 24.5 Å². The number of fused-ring (bicyclic) bond motifs is 1. The largest absolute Gasteiger partial charge is 0.480 e. The zero-order valence-corrected chi connectivity index (χ0v) is 10.8. The zero-order chi connectivity index (χ0) is 14.5. The van der Waals surface area contributed by atoms with Gasteiger partial charge in [0.1, 0.15) is 13.2 Å². The summed E-state index contributed by atoms with van der Waals surface area (Å²) in [6.45, 7) is -0.141. The summed E-state index contributed by atoms with van der Waals surface area (Å²) in [6, 6.07) is 7.51. The lowest BCUT2D eigenvalue weighted by Gasteiger charge is -2.00. The molecule has 0 atom stereocenters. The third-order valence-corrected chi connectivity index (χ3v) is 2.92. The van der Waals surface area contributed by atoms with E-state index in [4.69, 9.17) is 14.9 Å². The summed E-state index contributed by atoms with van der Waals surface area (Å²) in [4.78, 5) is 21.2. The molecular formula is C14H15NO5. The Kier molecular flexibility index (Phi) is 4.37. The van der Waals surface area contributed by atoms with Gasteiger partial charge in [-0.15, -0.1) is 0 Å². The highest BCUT2D eigenvalue weighted by Gasteiger charge is 2.10. The number of carbonyl (C=O) groups is 2. The first-order chi connectivity index (χ1) is 9.58. The smallest absolute Gasteiger partial charge is 0.329 e. The minimum atomic E-state index is -1.00. The molecule has 6 heteroatoms. The van der Waals surface area contributed by atoms with E-state index in [0.717, 1.165) is 16.5 Å². The van der Waals surface area contributed by atoms with Crippen molar-refractivity contribution in [3.8, 4) is 0 Å². The average molecular weight is 277 g/mol. The number of para-hydroxylation sites is 1. The van der Waals surface area contributed by atoms with Crippen molar-refractivity contribution in [2.24, 2.45) is 0 Å². The van der Waals surface area contributed by atoms with E-state index in [1.165, 1.54) is 0 Å². The van der Waals surface area contributed by atoms with E-state index in [1.807, 2.05) is 24.3 Å². The molecule has 0 saturated heterocycles. The molecular weight excluding hydrogens is 262 g/mol. The fraction of sp³-hybridized carbons (Fsp3) is 0.286. The minimum absolute atomic E-state index is 0.101.